The minimum atomic E-state index is -1.23. The molecule has 3 heterocycles. The summed E-state index contributed by atoms with van der Waals surface area (Å²) in [6.07, 6.45) is -5.18. The molecule has 2 N–H and O–H groups in total. The van der Waals surface area contributed by atoms with Crippen molar-refractivity contribution in [1.29, 1.82) is 0 Å². The van der Waals surface area contributed by atoms with Crippen molar-refractivity contribution in [2.75, 3.05) is 12.3 Å². The predicted octanol–water partition coefficient (Wildman–Crippen LogP) is 3.57. The molecule has 0 radical (unpaired) electrons. The number of fused-ring (bicyclic) bond motifs is 2. The number of hydrogen-bond acceptors (Lipinski definition) is 10. The molecule has 3 aromatic carbocycles. The number of esters is 1. The van der Waals surface area contributed by atoms with Gasteiger partial charge < -0.3 is 34.2 Å². The molecule has 44 heavy (non-hydrogen) atoms. The molecule has 2 saturated heterocycles. The third-order valence-corrected chi connectivity index (χ3v) is 7.85. The van der Waals surface area contributed by atoms with Crippen LogP contribution in [0.25, 0.3) is 0 Å². The maximum atomic E-state index is 13.8. The number of carbonyl (C=O) groups is 4. The Kier molecular flexibility index (Phi) is 8.53. The number of anilines is 1. The number of Topliss-reactive ketones (excluding diaryl/α,β-unsaturated/α-hetero) is 1. The number of amides is 2. The lowest BCUT2D eigenvalue weighted by atomic mass is 9.94. The first-order valence-corrected chi connectivity index (χ1v) is 14.4. The van der Waals surface area contributed by atoms with Gasteiger partial charge in [0.25, 0.3) is 11.8 Å². The van der Waals surface area contributed by atoms with E-state index in [1.165, 1.54) is 6.92 Å². The number of hydrogen-bond donors (Lipinski definition) is 1. The van der Waals surface area contributed by atoms with Crippen molar-refractivity contribution < 1.29 is 42.9 Å². The fourth-order valence-electron chi connectivity index (χ4n) is 5.64. The van der Waals surface area contributed by atoms with Gasteiger partial charge in [-0.25, -0.2) is 0 Å². The minimum Gasteiger partial charge on any atom is -0.457 e. The Morgan fingerprint density at radius 3 is 2.20 bits per heavy atom. The quantitative estimate of drug-likeness (QED) is 0.220. The van der Waals surface area contributed by atoms with Gasteiger partial charge in [-0.3, -0.25) is 19.3 Å². The highest BCUT2D eigenvalue weighted by atomic mass is 16.8. The molecule has 1 unspecified atom stereocenters. The Morgan fingerprint density at radius 2 is 1.55 bits per heavy atom. The number of imide groups is 1. The summed E-state index contributed by atoms with van der Waals surface area (Å²) in [6, 6.07) is 21.5. The van der Waals surface area contributed by atoms with Crippen molar-refractivity contribution in [3.8, 4) is 0 Å². The van der Waals surface area contributed by atoms with Crippen LogP contribution in [0.1, 0.15) is 57.9 Å². The maximum absolute atomic E-state index is 13.8. The molecule has 11 nitrogen and oxygen atoms in total. The second-order valence-corrected chi connectivity index (χ2v) is 10.9. The van der Waals surface area contributed by atoms with Crippen molar-refractivity contribution in [2.45, 2.75) is 63.3 Å². The first-order chi connectivity index (χ1) is 21.3. The van der Waals surface area contributed by atoms with Crippen LogP contribution in [-0.2, 0) is 39.9 Å². The topological polar surface area (TPSA) is 144 Å². The summed E-state index contributed by atoms with van der Waals surface area (Å²) in [5.41, 5.74) is 8.34. The number of rotatable bonds is 9. The van der Waals surface area contributed by atoms with Crippen LogP contribution in [0.2, 0.25) is 0 Å². The molecule has 0 saturated carbocycles. The Bertz CT molecular complexity index is 1510. The minimum absolute atomic E-state index is 0.0263. The number of ether oxygens (including phenoxy) is 5. The molecule has 2 fully saturated rings. The zero-order chi connectivity index (χ0) is 30.8. The van der Waals surface area contributed by atoms with E-state index in [9.17, 15) is 19.2 Å². The van der Waals surface area contributed by atoms with Gasteiger partial charge in [0, 0.05) is 17.7 Å². The summed E-state index contributed by atoms with van der Waals surface area (Å²) in [7, 11) is 0. The van der Waals surface area contributed by atoms with Gasteiger partial charge in [0.1, 0.15) is 24.0 Å². The predicted molar refractivity (Wildman–Crippen MR) is 155 cm³/mol. The second kappa shape index (κ2) is 12.7. The van der Waals surface area contributed by atoms with E-state index in [0.717, 1.165) is 16.0 Å². The molecule has 0 aromatic heterocycles. The highest BCUT2D eigenvalue weighted by Crippen LogP contribution is 2.40. The van der Waals surface area contributed by atoms with Gasteiger partial charge in [-0.1, -0.05) is 54.6 Å². The largest absolute Gasteiger partial charge is 0.457 e. The molecular formula is C33H32N2O9. The maximum Gasteiger partial charge on any atom is 0.306 e. The number of carbonyl (C=O) groups excluding carboxylic acids is 4. The van der Waals surface area contributed by atoms with Gasteiger partial charge >= 0.3 is 5.97 Å². The molecule has 0 aliphatic carbocycles. The van der Waals surface area contributed by atoms with Crippen LogP contribution in [0.4, 0.5) is 5.69 Å². The molecule has 6 rings (SSSR count). The van der Waals surface area contributed by atoms with Crippen molar-refractivity contribution in [3.05, 3.63) is 101 Å². The molecule has 11 heteroatoms. The molecule has 6 atom stereocenters. The zero-order valence-electron chi connectivity index (χ0n) is 24.0. The number of benzene rings is 3. The summed E-state index contributed by atoms with van der Waals surface area (Å²) in [5.74, 6) is -2.01. The number of nitrogen functional groups attached to an aromatic ring is 1. The molecular weight excluding hydrogens is 568 g/mol. The van der Waals surface area contributed by atoms with Crippen molar-refractivity contribution in [3.63, 3.8) is 0 Å². The lowest BCUT2D eigenvalue weighted by molar-refractivity contribution is -0.351. The SMILES string of the molecule is CC(=O)CCC(=O)O[C@H]1[C@@H]2OC(c3ccccc3)OC[C@H]2O[C@@H](OCc2ccc(N)cc2)[C@@H]1N1C(=O)c2ccccc2C1=O. The highest BCUT2D eigenvalue weighted by Gasteiger charge is 2.58. The van der Waals surface area contributed by atoms with E-state index in [2.05, 4.69) is 0 Å². The van der Waals surface area contributed by atoms with E-state index in [4.69, 9.17) is 29.4 Å². The van der Waals surface area contributed by atoms with Gasteiger partial charge in [0.05, 0.1) is 30.8 Å². The molecule has 3 aliphatic rings. The Balaban J connectivity index is 1.37. The van der Waals surface area contributed by atoms with Crippen molar-refractivity contribution in [1.82, 2.24) is 4.90 Å². The normalized spacial score (nSPS) is 26.2. The average molecular weight is 601 g/mol. The number of nitrogens with zero attached hydrogens (tertiary/aromatic N) is 1. The molecule has 228 valence electrons. The molecule has 3 aromatic rings. The monoisotopic (exact) mass is 600 g/mol. The first kappa shape index (κ1) is 29.6. The van der Waals surface area contributed by atoms with Crippen molar-refractivity contribution in [2.24, 2.45) is 0 Å². The van der Waals surface area contributed by atoms with E-state index < -0.39 is 54.7 Å². The zero-order valence-corrected chi connectivity index (χ0v) is 24.0. The average Bonchev–Trinajstić information content (AvgIpc) is 3.29. The van der Waals surface area contributed by atoms with E-state index in [1.54, 1.807) is 48.5 Å². The summed E-state index contributed by atoms with van der Waals surface area (Å²) in [4.78, 5) is 53.4. The number of ketones is 1. The first-order valence-electron chi connectivity index (χ1n) is 14.4. The van der Waals surface area contributed by atoms with Crippen LogP contribution < -0.4 is 5.73 Å². The van der Waals surface area contributed by atoms with Crippen LogP contribution in [0, 0.1) is 0 Å². The number of nitrogens with two attached hydrogens (primary N) is 1. The van der Waals surface area contributed by atoms with Crippen LogP contribution in [0.15, 0.2) is 78.9 Å². The molecule has 0 bridgehead atoms. The standard InChI is InChI=1S/C33H32N2O9/c1-19(36)11-16-26(37)43-29-27(35-30(38)23-9-5-6-10-24(23)31(35)39)33(40-17-20-12-14-22(34)15-13-20)42-25-18-41-32(44-28(25)29)21-7-3-2-4-8-21/h2-10,12-15,25,27-29,32-33H,11,16-18,34H2,1H3/t25-,27-,28-,29-,32?,33-/m1/s1. The lowest BCUT2D eigenvalue weighted by Crippen LogP contribution is -2.68. The Morgan fingerprint density at radius 1 is 0.886 bits per heavy atom. The van der Waals surface area contributed by atoms with Gasteiger partial charge in [0.15, 0.2) is 18.7 Å². The third-order valence-electron chi connectivity index (χ3n) is 7.85. The Hall–Kier alpha value is -4.42. The van der Waals surface area contributed by atoms with Crippen LogP contribution in [0.3, 0.4) is 0 Å². The van der Waals surface area contributed by atoms with Crippen LogP contribution >= 0.6 is 0 Å². The van der Waals surface area contributed by atoms with E-state index in [0.29, 0.717) is 5.69 Å². The smallest absolute Gasteiger partial charge is 0.306 e. The lowest BCUT2D eigenvalue weighted by Gasteiger charge is -2.50. The summed E-state index contributed by atoms with van der Waals surface area (Å²) in [5, 5.41) is 0. The van der Waals surface area contributed by atoms with Gasteiger partial charge in [-0.05, 0) is 36.8 Å². The highest BCUT2D eigenvalue weighted by molar-refractivity contribution is 6.21. The summed E-state index contributed by atoms with van der Waals surface area (Å²) in [6.45, 7) is 1.48. The van der Waals surface area contributed by atoms with Crippen LogP contribution in [-0.4, -0.2) is 65.7 Å². The molecule has 3 aliphatic heterocycles. The van der Waals surface area contributed by atoms with E-state index >= 15 is 0 Å². The van der Waals surface area contributed by atoms with Crippen LogP contribution in [0.5, 0.6) is 0 Å². The van der Waals surface area contributed by atoms with Gasteiger partial charge in [-0.2, -0.15) is 0 Å². The summed E-state index contributed by atoms with van der Waals surface area (Å²) < 4.78 is 31.0. The Labute approximate surface area is 253 Å². The van der Waals surface area contributed by atoms with E-state index in [1.807, 2.05) is 30.3 Å². The van der Waals surface area contributed by atoms with Gasteiger partial charge in [0.2, 0.25) is 0 Å². The fraction of sp³-hybridized carbons (Fsp3) is 0.333. The molecule has 0 spiro atoms. The fourth-order valence-corrected chi connectivity index (χ4v) is 5.64. The molecule has 2 amide bonds. The second-order valence-electron chi connectivity index (χ2n) is 10.9. The summed E-state index contributed by atoms with van der Waals surface area (Å²) >= 11 is 0. The van der Waals surface area contributed by atoms with E-state index in [-0.39, 0.29) is 43.0 Å². The van der Waals surface area contributed by atoms with Crippen molar-refractivity contribution >= 4 is 29.3 Å². The van der Waals surface area contributed by atoms with Gasteiger partial charge in [-0.15, -0.1) is 0 Å². The third kappa shape index (κ3) is 6.00.